The standard InChI is InChI=1S/C54H86O25S/c1-23(2)11-10-16-53(8)31-14-18-52(7)25-12-13-30-50(4,5)33(15-17-51(30,6)26(25)19-32(57)54(31,52)49(65)78-53)74-48-44(36(60)29(22-70-48)79-80(66,67)68)77-45-38(62)37(61)41(24(3)71-45)75-47-40(64)43(35(59)28(21-56)73-47)76-46-39(63)42(69-9)34(58)27(20-55)72-46/h11,19,24-25,27-48,55-64H,10,12-18,20-22H2,1-9H3,(H,66,67,68)/t24-,25?,27-,28-,29+,30-,31?,32-,33-,34-,35-,36-,37-,38-,39-,40-,41-,42+,43+,44+,45+,46+,47+,48-,51+,52-,53-,54?/m0/s1. The van der Waals surface area contributed by atoms with Gasteiger partial charge in [-0.3, -0.25) is 9.35 Å². The normalized spacial score (nSPS) is 51.0. The Morgan fingerprint density at radius 1 is 0.700 bits per heavy atom. The number of ether oxygens (including phenoxy) is 10. The number of hydrogen-bond donors (Lipinski definition) is 11. The van der Waals surface area contributed by atoms with E-state index in [4.69, 9.17) is 51.6 Å². The van der Waals surface area contributed by atoms with Gasteiger partial charge in [-0.1, -0.05) is 51.0 Å². The fourth-order valence-corrected chi connectivity index (χ4v) is 16.7. The van der Waals surface area contributed by atoms with Crippen LogP contribution < -0.4 is 0 Å². The van der Waals surface area contributed by atoms with E-state index in [1.54, 1.807) is 0 Å². The summed E-state index contributed by atoms with van der Waals surface area (Å²) in [5.41, 5.74) is -1.18. The van der Waals surface area contributed by atoms with Crippen LogP contribution >= 0.6 is 0 Å². The molecule has 11 N–H and O–H groups in total. The molecule has 25 nitrogen and oxygen atoms in total. The van der Waals surface area contributed by atoms with Crippen LogP contribution in [0.5, 0.6) is 0 Å². The van der Waals surface area contributed by atoms with Crippen LogP contribution in [0.1, 0.15) is 107 Å². The largest absolute Gasteiger partial charge is 0.458 e. The lowest BCUT2D eigenvalue weighted by Crippen LogP contribution is -2.67. The molecule has 0 aromatic carbocycles. The molecule has 0 bridgehead atoms. The number of carbonyl (C=O) groups excluding carboxylic acids is 1. The third-order valence-corrected chi connectivity index (χ3v) is 20.8. The van der Waals surface area contributed by atoms with Crippen molar-refractivity contribution in [3.63, 3.8) is 0 Å². The van der Waals surface area contributed by atoms with E-state index in [0.717, 1.165) is 37.7 Å². The highest BCUT2D eigenvalue weighted by Gasteiger charge is 2.79. The molecule has 26 heteroatoms. The summed E-state index contributed by atoms with van der Waals surface area (Å²) in [6, 6.07) is 0. The third kappa shape index (κ3) is 10.5. The molecule has 9 rings (SSSR count). The molecule has 0 aromatic rings. The molecule has 4 aliphatic carbocycles. The van der Waals surface area contributed by atoms with Gasteiger partial charge in [-0.05, 0) is 107 Å². The molecule has 0 aromatic heterocycles. The molecule has 8 fully saturated rings. The molecule has 28 atom stereocenters. The van der Waals surface area contributed by atoms with Gasteiger partial charge in [0.25, 0.3) is 0 Å². The second kappa shape index (κ2) is 23.1. The summed E-state index contributed by atoms with van der Waals surface area (Å²) in [7, 11) is -3.99. The van der Waals surface area contributed by atoms with Gasteiger partial charge in [-0.2, -0.15) is 8.42 Å². The lowest BCUT2D eigenvalue weighted by Gasteiger charge is -2.64. The number of esters is 1. The summed E-state index contributed by atoms with van der Waals surface area (Å²) in [4.78, 5) is 14.4. The topological polar surface area (TPSA) is 375 Å². The van der Waals surface area contributed by atoms with Crippen molar-refractivity contribution in [3.8, 4) is 0 Å². The molecule has 3 saturated carbocycles. The Balaban J connectivity index is 0.907. The van der Waals surface area contributed by atoms with Crippen molar-refractivity contribution in [2.75, 3.05) is 26.9 Å². The minimum absolute atomic E-state index is 0.00689. The predicted octanol–water partition coefficient (Wildman–Crippen LogP) is -0.590. The van der Waals surface area contributed by atoms with Crippen LogP contribution in [0, 0.1) is 39.4 Å². The number of fused-ring (bicyclic) bond motifs is 4. The second-order valence-corrected chi connectivity index (χ2v) is 26.5. The molecule has 5 heterocycles. The Labute approximate surface area is 466 Å². The fourth-order valence-electron chi connectivity index (χ4n) is 16.2. The van der Waals surface area contributed by atoms with Crippen molar-refractivity contribution in [1.29, 1.82) is 0 Å². The monoisotopic (exact) mass is 1170 g/mol. The van der Waals surface area contributed by atoms with E-state index in [1.807, 2.05) is 26.8 Å². The van der Waals surface area contributed by atoms with E-state index in [9.17, 15) is 68.8 Å². The molecular formula is C54H86O25S. The zero-order valence-corrected chi connectivity index (χ0v) is 47.6. The first-order valence-corrected chi connectivity index (χ1v) is 29.4. The summed E-state index contributed by atoms with van der Waals surface area (Å²) in [5, 5.41) is 112. The Bertz CT molecular complexity index is 2390. The first-order valence-electron chi connectivity index (χ1n) is 28.1. The van der Waals surface area contributed by atoms with Gasteiger partial charge in [0.15, 0.2) is 25.2 Å². The SMILES string of the molecule is CO[C@H]1[C@H](O)[C@@H](O[C@H]2[C@H](O)[C@@H](O[C@@H]3[C@@H](O)[C@H](O)[C@@H](O[C@H]4[C@H](O[C@H]5CC[C@]6(C)C7=C[C@H](O)C89C(=O)O[C@@](C)(CCC=C(C)C)C8CC[C@@]9(C)C7CC[C@H]6C5(C)C)OC[C@@H](OS(=O)(=O)O)[C@@H]4O)O[C@H]3C)O[C@@H](CO)[C@@H]2O)O[C@@H](CO)[C@@H]1O. The molecule has 0 amide bonds. The smallest absolute Gasteiger partial charge is 0.397 e. The van der Waals surface area contributed by atoms with Gasteiger partial charge in [-0.15, -0.1) is 0 Å². The molecule has 0 radical (unpaired) electrons. The lowest BCUT2D eigenvalue weighted by molar-refractivity contribution is -0.389. The summed E-state index contributed by atoms with van der Waals surface area (Å²) in [5.74, 6) is -0.537. The van der Waals surface area contributed by atoms with E-state index >= 15 is 0 Å². The van der Waals surface area contributed by atoms with Gasteiger partial charge in [0, 0.05) is 13.0 Å². The van der Waals surface area contributed by atoms with E-state index in [-0.39, 0.29) is 23.7 Å². The molecular weight excluding hydrogens is 1080 g/mol. The molecule has 9 aliphatic rings. The number of carbonyl (C=O) groups is 1. The lowest BCUT2D eigenvalue weighted by atomic mass is 9.40. The van der Waals surface area contributed by atoms with Crippen molar-refractivity contribution in [3.05, 3.63) is 23.3 Å². The van der Waals surface area contributed by atoms with Crippen LogP contribution in [0.25, 0.3) is 0 Å². The van der Waals surface area contributed by atoms with Gasteiger partial charge in [0.1, 0.15) is 96.5 Å². The van der Waals surface area contributed by atoms with E-state index in [1.165, 1.54) is 19.6 Å². The van der Waals surface area contributed by atoms with Gasteiger partial charge < -0.3 is 98.4 Å². The van der Waals surface area contributed by atoms with Crippen molar-refractivity contribution in [2.24, 2.45) is 39.4 Å². The average Bonchev–Trinajstić information content (AvgIpc) is 2.40. The third-order valence-electron chi connectivity index (χ3n) is 20.3. The summed E-state index contributed by atoms with van der Waals surface area (Å²) >= 11 is 0. The highest BCUT2D eigenvalue weighted by atomic mass is 32.3. The quantitative estimate of drug-likeness (QED) is 0.0398. The predicted molar refractivity (Wildman–Crippen MR) is 272 cm³/mol. The van der Waals surface area contributed by atoms with E-state index < -0.39 is 186 Å². The van der Waals surface area contributed by atoms with Gasteiger partial charge in [-0.25, -0.2) is 4.18 Å². The van der Waals surface area contributed by atoms with Crippen molar-refractivity contribution in [1.82, 2.24) is 0 Å². The fraction of sp³-hybridized carbons (Fsp3) is 0.907. The summed E-state index contributed by atoms with van der Waals surface area (Å²) < 4.78 is 98.1. The zero-order valence-electron chi connectivity index (χ0n) is 46.8. The van der Waals surface area contributed by atoms with Crippen LogP contribution in [0.4, 0.5) is 0 Å². The number of rotatable bonds is 16. The number of methoxy groups -OCH3 is 1. The molecule has 1 spiro atoms. The van der Waals surface area contributed by atoms with Crippen molar-refractivity contribution >= 4 is 16.4 Å². The average molecular weight is 1170 g/mol. The second-order valence-electron chi connectivity index (χ2n) is 25.4. The van der Waals surface area contributed by atoms with Crippen molar-refractivity contribution in [2.45, 2.75) is 241 Å². The van der Waals surface area contributed by atoms with Crippen molar-refractivity contribution < 1.29 is 120 Å². The Kier molecular flexibility index (Phi) is 18.0. The van der Waals surface area contributed by atoms with Crippen LogP contribution in [0.2, 0.25) is 0 Å². The number of hydrogen-bond acceptors (Lipinski definition) is 24. The van der Waals surface area contributed by atoms with Gasteiger partial charge >= 0.3 is 16.4 Å². The number of aliphatic hydroxyl groups is 10. The zero-order chi connectivity index (χ0) is 58.6. The molecule has 5 aliphatic heterocycles. The maximum Gasteiger partial charge on any atom is 0.397 e. The van der Waals surface area contributed by atoms with Gasteiger partial charge in [0.05, 0.1) is 38.1 Å². The number of cyclic esters (lactones) is 1. The Morgan fingerprint density at radius 3 is 1.91 bits per heavy atom. The van der Waals surface area contributed by atoms with E-state index in [2.05, 4.69) is 33.8 Å². The number of aliphatic hydroxyl groups excluding tert-OH is 10. The molecule has 3 unspecified atom stereocenters. The molecule has 5 saturated heterocycles. The maximum atomic E-state index is 14.4. The minimum Gasteiger partial charge on any atom is -0.458 e. The molecule has 458 valence electrons. The first-order chi connectivity index (χ1) is 37.4. The van der Waals surface area contributed by atoms with E-state index in [0.29, 0.717) is 19.3 Å². The minimum atomic E-state index is -5.17. The van der Waals surface area contributed by atoms with Crippen LogP contribution in [-0.4, -0.2) is 231 Å². The van der Waals surface area contributed by atoms with Crippen LogP contribution in [-0.2, 0) is 66.7 Å². The van der Waals surface area contributed by atoms with Crippen LogP contribution in [0.15, 0.2) is 23.3 Å². The Morgan fingerprint density at radius 2 is 1.30 bits per heavy atom. The first kappa shape index (κ1) is 62.6. The highest BCUT2D eigenvalue weighted by molar-refractivity contribution is 7.80. The summed E-state index contributed by atoms with van der Waals surface area (Å²) in [6.07, 6.45) is -24.1. The van der Waals surface area contributed by atoms with Crippen LogP contribution in [0.3, 0.4) is 0 Å². The maximum absolute atomic E-state index is 14.4. The number of allylic oxidation sites excluding steroid dienone is 3. The Hall–Kier alpha value is -1.94. The summed E-state index contributed by atoms with van der Waals surface area (Å²) in [6.45, 7) is 13.8. The van der Waals surface area contributed by atoms with Gasteiger partial charge in [0.2, 0.25) is 0 Å². The molecule has 80 heavy (non-hydrogen) atoms. The highest BCUT2D eigenvalue weighted by Crippen LogP contribution is 2.76.